The van der Waals surface area contributed by atoms with Crippen LogP contribution in [0.3, 0.4) is 0 Å². The molecule has 1 aromatic carbocycles. The predicted octanol–water partition coefficient (Wildman–Crippen LogP) is 4.86. The summed E-state index contributed by atoms with van der Waals surface area (Å²) < 4.78 is 6.52. The van der Waals surface area contributed by atoms with E-state index in [4.69, 9.17) is 4.74 Å². The third-order valence-corrected chi connectivity index (χ3v) is 5.26. The highest BCUT2D eigenvalue weighted by Gasteiger charge is 2.54. The molecule has 3 rings (SSSR count). The van der Waals surface area contributed by atoms with Crippen LogP contribution in [0.4, 0.5) is 0 Å². The van der Waals surface area contributed by atoms with Crippen molar-refractivity contribution >= 4 is 21.7 Å². The molecule has 2 saturated carbocycles. The maximum Gasteiger partial charge on any atom is 0.166 e. The van der Waals surface area contributed by atoms with Crippen molar-refractivity contribution in [3.8, 4) is 5.75 Å². The minimum absolute atomic E-state index is 0.298. The lowest BCUT2D eigenvalue weighted by Gasteiger charge is -2.08. The molecule has 0 heterocycles. The number of carbonyl (C=O) groups excluding carboxylic acids is 1. The zero-order chi connectivity index (χ0) is 14.1. The molecule has 0 saturated heterocycles. The van der Waals surface area contributed by atoms with Crippen LogP contribution in [0, 0.1) is 17.8 Å². The van der Waals surface area contributed by atoms with Gasteiger partial charge in [-0.3, -0.25) is 4.79 Å². The topological polar surface area (TPSA) is 26.3 Å². The lowest BCUT2D eigenvalue weighted by atomic mass is 10.0. The van der Waals surface area contributed by atoms with E-state index in [0.29, 0.717) is 30.1 Å². The van der Waals surface area contributed by atoms with Gasteiger partial charge in [-0.25, -0.2) is 0 Å². The average Bonchev–Trinajstić information content (AvgIpc) is 3.19. The molecule has 0 N–H and O–H groups in total. The minimum atomic E-state index is 0.298. The number of ether oxygens (including phenoxy) is 1. The molecule has 0 aromatic heterocycles. The Bertz CT molecular complexity index is 500. The molecule has 2 atom stereocenters. The third kappa shape index (κ3) is 2.65. The molecule has 3 heteroatoms. The van der Waals surface area contributed by atoms with Crippen LogP contribution in [0.2, 0.25) is 0 Å². The Morgan fingerprint density at radius 1 is 1.30 bits per heavy atom. The van der Waals surface area contributed by atoms with E-state index < -0.39 is 0 Å². The van der Waals surface area contributed by atoms with Crippen molar-refractivity contribution in [1.29, 1.82) is 0 Å². The third-order valence-electron chi connectivity index (χ3n) is 4.64. The monoisotopic (exact) mass is 336 g/mol. The van der Waals surface area contributed by atoms with Crippen molar-refractivity contribution in [2.75, 3.05) is 6.61 Å². The van der Waals surface area contributed by atoms with E-state index in [9.17, 15) is 4.79 Å². The van der Waals surface area contributed by atoms with Gasteiger partial charge in [0, 0.05) is 11.5 Å². The number of carbonyl (C=O) groups is 1. The molecule has 2 nitrogen and oxygen atoms in total. The summed E-state index contributed by atoms with van der Waals surface area (Å²) in [5.41, 5.74) is 0.833. The smallest absolute Gasteiger partial charge is 0.166 e. The SMILES string of the molecule is CCCOc1ccc(C(=O)C2C3CCCCC32)cc1Br. The fourth-order valence-electron chi connectivity index (χ4n) is 3.56. The quantitative estimate of drug-likeness (QED) is 0.718. The summed E-state index contributed by atoms with van der Waals surface area (Å²) in [5.74, 6) is 2.81. The van der Waals surface area contributed by atoms with Crippen molar-refractivity contribution in [3.05, 3.63) is 28.2 Å². The summed E-state index contributed by atoms with van der Waals surface area (Å²) in [6.45, 7) is 2.79. The zero-order valence-electron chi connectivity index (χ0n) is 11.9. The largest absolute Gasteiger partial charge is 0.492 e. The summed E-state index contributed by atoms with van der Waals surface area (Å²) in [6, 6.07) is 5.76. The van der Waals surface area contributed by atoms with Crippen LogP contribution in [-0.2, 0) is 0 Å². The minimum Gasteiger partial charge on any atom is -0.492 e. The first-order valence-electron chi connectivity index (χ1n) is 7.69. The number of fused-ring (bicyclic) bond motifs is 1. The number of hydrogen-bond donors (Lipinski definition) is 0. The average molecular weight is 337 g/mol. The van der Waals surface area contributed by atoms with Crippen molar-refractivity contribution in [2.24, 2.45) is 17.8 Å². The molecule has 0 amide bonds. The Hall–Kier alpha value is -0.830. The number of hydrogen-bond acceptors (Lipinski definition) is 2. The number of rotatable bonds is 5. The molecule has 0 bridgehead atoms. The van der Waals surface area contributed by atoms with E-state index in [1.165, 1.54) is 25.7 Å². The van der Waals surface area contributed by atoms with Crippen molar-refractivity contribution in [3.63, 3.8) is 0 Å². The zero-order valence-corrected chi connectivity index (χ0v) is 13.5. The van der Waals surface area contributed by atoms with E-state index in [2.05, 4.69) is 22.9 Å². The highest BCUT2D eigenvalue weighted by molar-refractivity contribution is 9.10. The Morgan fingerprint density at radius 2 is 2.00 bits per heavy atom. The molecule has 2 fully saturated rings. The second-order valence-corrected chi connectivity index (χ2v) is 6.85. The molecule has 1 aromatic rings. The van der Waals surface area contributed by atoms with Gasteiger partial charge in [0.05, 0.1) is 11.1 Å². The van der Waals surface area contributed by atoms with Crippen LogP contribution in [0.25, 0.3) is 0 Å². The molecule has 108 valence electrons. The standard InChI is InChI=1S/C17H21BrO2/c1-2-9-20-15-8-7-11(10-14(15)18)17(19)16-12-5-3-4-6-13(12)16/h7-8,10,12-13,16H,2-6,9H2,1H3. The lowest BCUT2D eigenvalue weighted by Crippen LogP contribution is -2.05. The Kier molecular flexibility index (Phi) is 4.16. The van der Waals surface area contributed by atoms with Crippen molar-refractivity contribution in [2.45, 2.75) is 39.0 Å². The van der Waals surface area contributed by atoms with Crippen molar-refractivity contribution < 1.29 is 9.53 Å². The van der Waals surface area contributed by atoms with Crippen molar-refractivity contribution in [1.82, 2.24) is 0 Å². The summed E-state index contributed by atoms with van der Waals surface area (Å²) in [5, 5.41) is 0. The molecular formula is C17H21BrO2. The highest BCUT2D eigenvalue weighted by atomic mass is 79.9. The first-order valence-corrected chi connectivity index (χ1v) is 8.48. The lowest BCUT2D eigenvalue weighted by molar-refractivity contribution is 0.0956. The number of halogens is 1. The van der Waals surface area contributed by atoms with Gasteiger partial charge >= 0.3 is 0 Å². The maximum absolute atomic E-state index is 12.6. The molecule has 2 aliphatic rings. The van der Waals surface area contributed by atoms with E-state index >= 15 is 0 Å². The Balaban J connectivity index is 1.71. The van der Waals surface area contributed by atoms with Crippen LogP contribution in [0.1, 0.15) is 49.4 Å². The van der Waals surface area contributed by atoms with E-state index in [1.54, 1.807) is 0 Å². The summed E-state index contributed by atoms with van der Waals surface area (Å²) in [7, 11) is 0. The fraction of sp³-hybridized carbons (Fsp3) is 0.588. The van der Waals surface area contributed by atoms with Gasteiger partial charge in [0.2, 0.25) is 0 Å². The van der Waals surface area contributed by atoms with Crippen LogP contribution >= 0.6 is 15.9 Å². The maximum atomic E-state index is 12.6. The molecule has 0 aliphatic heterocycles. The molecule has 2 unspecified atom stereocenters. The van der Waals surface area contributed by atoms with Gasteiger partial charge in [0.25, 0.3) is 0 Å². The van der Waals surface area contributed by atoms with E-state index in [1.807, 2.05) is 18.2 Å². The molecule has 0 radical (unpaired) electrons. The van der Waals surface area contributed by atoms with Gasteiger partial charge in [0.1, 0.15) is 5.75 Å². The number of benzene rings is 1. The van der Waals surface area contributed by atoms with Crippen LogP contribution < -0.4 is 4.74 Å². The summed E-state index contributed by atoms with van der Waals surface area (Å²) >= 11 is 3.51. The van der Waals surface area contributed by atoms with Gasteiger partial charge in [0.15, 0.2) is 5.78 Å². The van der Waals surface area contributed by atoms with Crippen LogP contribution in [0.5, 0.6) is 5.75 Å². The normalized spacial score (nSPS) is 27.8. The highest BCUT2D eigenvalue weighted by Crippen LogP contribution is 2.56. The second-order valence-electron chi connectivity index (χ2n) is 6.00. The van der Waals surface area contributed by atoms with E-state index in [0.717, 1.165) is 22.2 Å². The summed E-state index contributed by atoms with van der Waals surface area (Å²) in [6.07, 6.45) is 6.09. The molecule has 2 aliphatic carbocycles. The Labute approximate surface area is 129 Å². The fourth-order valence-corrected chi connectivity index (χ4v) is 4.05. The second kappa shape index (κ2) is 5.88. The Morgan fingerprint density at radius 3 is 2.60 bits per heavy atom. The van der Waals surface area contributed by atoms with Gasteiger partial charge in [-0.1, -0.05) is 19.8 Å². The van der Waals surface area contributed by atoms with Crippen LogP contribution in [0.15, 0.2) is 22.7 Å². The van der Waals surface area contributed by atoms with Gasteiger partial charge in [-0.2, -0.15) is 0 Å². The van der Waals surface area contributed by atoms with Gasteiger partial charge in [-0.15, -0.1) is 0 Å². The van der Waals surface area contributed by atoms with E-state index in [-0.39, 0.29) is 0 Å². The number of ketones is 1. The number of Topliss-reactive ketones (excluding diaryl/α,β-unsaturated/α-hetero) is 1. The van der Waals surface area contributed by atoms with Gasteiger partial charge in [-0.05, 0) is 65.2 Å². The molecule has 0 spiro atoms. The first-order chi connectivity index (χ1) is 9.72. The molecular weight excluding hydrogens is 316 g/mol. The summed E-state index contributed by atoms with van der Waals surface area (Å²) in [4.78, 5) is 12.6. The molecule has 20 heavy (non-hydrogen) atoms. The van der Waals surface area contributed by atoms with Crippen LogP contribution in [-0.4, -0.2) is 12.4 Å². The predicted molar refractivity (Wildman–Crippen MR) is 83.2 cm³/mol. The first kappa shape index (κ1) is 14.1. The van der Waals surface area contributed by atoms with Gasteiger partial charge < -0.3 is 4.74 Å².